The minimum absolute atomic E-state index is 0.0417. The lowest BCUT2D eigenvalue weighted by atomic mass is 10.2. The van der Waals surface area contributed by atoms with Crippen LogP contribution in [0.5, 0.6) is 0 Å². The molecule has 1 radical (unpaired) electrons. The van der Waals surface area contributed by atoms with E-state index in [0.29, 0.717) is 0 Å². The molecule has 0 aromatic rings. The summed E-state index contributed by atoms with van der Waals surface area (Å²) in [6, 6.07) is 0.0417. The molecule has 1 aliphatic rings. The first-order valence-electron chi connectivity index (χ1n) is 2.54. The molecule has 0 aromatic carbocycles. The quantitative estimate of drug-likeness (QED) is 0.494. The van der Waals surface area contributed by atoms with Crippen LogP contribution in [0.4, 0.5) is 0 Å². The highest BCUT2D eigenvalue weighted by molar-refractivity contribution is 5.58. The fraction of sp³-hybridized carbons (Fsp3) is 0.800. The molecule has 1 heterocycles. The van der Waals surface area contributed by atoms with Crippen molar-refractivity contribution in [2.24, 2.45) is 0 Å². The average Bonchev–Trinajstić information content (AvgIpc) is 2.14. The summed E-state index contributed by atoms with van der Waals surface area (Å²) in [4.78, 5) is 9.82. The van der Waals surface area contributed by atoms with Crippen LogP contribution in [-0.4, -0.2) is 18.9 Å². The molecule has 2 nitrogen and oxygen atoms in total. The third kappa shape index (κ3) is 0.996. The van der Waals surface area contributed by atoms with Crippen LogP contribution in [0, 0.1) is 0 Å². The van der Waals surface area contributed by atoms with Crippen molar-refractivity contribution in [3.05, 3.63) is 0 Å². The number of nitrogens with one attached hydrogen (secondary N) is 1. The van der Waals surface area contributed by atoms with Gasteiger partial charge in [0.15, 0.2) is 0 Å². The van der Waals surface area contributed by atoms with Crippen molar-refractivity contribution in [1.82, 2.24) is 5.32 Å². The van der Waals surface area contributed by atoms with Gasteiger partial charge < -0.3 is 5.32 Å². The van der Waals surface area contributed by atoms with Crippen molar-refractivity contribution in [2.45, 2.75) is 18.9 Å². The lowest BCUT2D eigenvalue weighted by Gasteiger charge is -1.92. The van der Waals surface area contributed by atoms with Gasteiger partial charge in [0.2, 0.25) is 6.29 Å². The number of rotatable bonds is 1. The SMILES string of the molecule is O=[C][C@@H]1CCCN1. The molecule has 1 fully saturated rings. The van der Waals surface area contributed by atoms with Gasteiger partial charge >= 0.3 is 0 Å². The van der Waals surface area contributed by atoms with E-state index in [9.17, 15) is 4.79 Å². The minimum Gasteiger partial charge on any atom is -0.307 e. The third-order valence-corrected chi connectivity index (χ3v) is 1.20. The van der Waals surface area contributed by atoms with Crippen LogP contribution in [0.15, 0.2) is 0 Å². The first-order chi connectivity index (χ1) is 3.43. The van der Waals surface area contributed by atoms with Crippen LogP contribution >= 0.6 is 0 Å². The van der Waals surface area contributed by atoms with Crippen molar-refractivity contribution in [2.75, 3.05) is 6.54 Å². The lowest BCUT2D eigenvalue weighted by molar-refractivity contribution is 0.534. The van der Waals surface area contributed by atoms with Crippen LogP contribution in [0.3, 0.4) is 0 Å². The molecule has 1 aliphatic heterocycles. The number of carbonyl (C=O) groups excluding carboxylic acids is 1. The van der Waals surface area contributed by atoms with E-state index >= 15 is 0 Å². The highest BCUT2D eigenvalue weighted by Crippen LogP contribution is 2.00. The van der Waals surface area contributed by atoms with E-state index in [4.69, 9.17) is 0 Å². The minimum atomic E-state index is 0.0417. The number of hydrogen-bond donors (Lipinski definition) is 1. The van der Waals surface area contributed by atoms with E-state index in [1.165, 1.54) is 0 Å². The zero-order chi connectivity index (χ0) is 5.11. The van der Waals surface area contributed by atoms with Crippen LogP contribution in [0.2, 0.25) is 0 Å². The predicted octanol–water partition coefficient (Wildman–Crippen LogP) is -0.152. The highest BCUT2D eigenvalue weighted by Gasteiger charge is 2.11. The van der Waals surface area contributed by atoms with Gasteiger partial charge in [0.25, 0.3) is 0 Å². The van der Waals surface area contributed by atoms with Crippen LogP contribution in [0.25, 0.3) is 0 Å². The summed E-state index contributed by atoms with van der Waals surface area (Å²) in [6.07, 6.45) is 4.00. The molecule has 1 atom stereocenters. The Morgan fingerprint density at radius 1 is 1.71 bits per heavy atom. The molecule has 1 saturated heterocycles. The van der Waals surface area contributed by atoms with Gasteiger partial charge in [0, 0.05) is 0 Å². The van der Waals surface area contributed by atoms with Gasteiger partial charge in [0.05, 0.1) is 6.04 Å². The molecule has 0 aliphatic carbocycles. The summed E-state index contributed by atoms with van der Waals surface area (Å²) >= 11 is 0. The van der Waals surface area contributed by atoms with Gasteiger partial charge in [-0.25, -0.2) is 0 Å². The van der Waals surface area contributed by atoms with E-state index in [1.807, 2.05) is 6.29 Å². The Labute approximate surface area is 42.9 Å². The molecular formula is C5H8NO. The molecule has 7 heavy (non-hydrogen) atoms. The van der Waals surface area contributed by atoms with E-state index < -0.39 is 0 Å². The van der Waals surface area contributed by atoms with Crippen molar-refractivity contribution >= 4 is 6.29 Å². The zero-order valence-corrected chi connectivity index (χ0v) is 4.11. The Balaban J connectivity index is 2.26. The van der Waals surface area contributed by atoms with Gasteiger partial charge in [-0.3, -0.25) is 4.79 Å². The van der Waals surface area contributed by atoms with Gasteiger partial charge in [-0.2, -0.15) is 0 Å². The maximum Gasteiger partial charge on any atom is 0.216 e. The Morgan fingerprint density at radius 3 is 2.86 bits per heavy atom. The fourth-order valence-electron chi connectivity index (χ4n) is 0.785. The van der Waals surface area contributed by atoms with E-state index in [2.05, 4.69) is 5.32 Å². The molecule has 0 saturated carbocycles. The second-order valence-electron chi connectivity index (χ2n) is 1.77. The van der Waals surface area contributed by atoms with Gasteiger partial charge in [-0.05, 0) is 19.4 Å². The normalized spacial score (nSPS) is 30.6. The summed E-state index contributed by atoms with van der Waals surface area (Å²) in [5.74, 6) is 0. The summed E-state index contributed by atoms with van der Waals surface area (Å²) in [7, 11) is 0. The topological polar surface area (TPSA) is 29.1 Å². The second-order valence-corrected chi connectivity index (χ2v) is 1.77. The summed E-state index contributed by atoms with van der Waals surface area (Å²) in [6.45, 7) is 0.986. The van der Waals surface area contributed by atoms with Crippen LogP contribution < -0.4 is 5.32 Å². The smallest absolute Gasteiger partial charge is 0.216 e. The maximum atomic E-state index is 9.82. The summed E-state index contributed by atoms with van der Waals surface area (Å²) < 4.78 is 0. The van der Waals surface area contributed by atoms with Gasteiger partial charge in [0.1, 0.15) is 0 Å². The molecule has 0 aromatic heterocycles. The summed E-state index contributed by atoms with van der Waals surface area (Å²) in [5, 5.41) is 2.98. The Hall–Kier alpha value is -0.370. The Kier molecular flexibility index (Phi) is 1.42. The average molecular weight is 98.1 g/mol. The zero-order valence-electron chi connectivity index (χ0n) is 4.11. The number of hydrogen-bond acceptors (Lipinski definition) is 2. The Morgan fingerprint density at radius 2 is 2.57 bits per heavy atom. The monoisotopic (exact) mass is 98.1 g/mol. The van der Waals surface area contributed by atoms with Gasteiger partial charge in [-0.15, -0.1) is 0 Å². The van der Waals surface area contributed by atoms with Crippen molar-refractivity contribution in [3.63, 3.8) is 0 Å². The molecule has 2 heteroatoms. The first kappa shape index (κ1) is 4.78. The largest absolute Gasteiger partial charge is 0.307 e. The molecule has 0 spiro atoms. The Bertz CT molecular complexity index is 66.5. The maximum absolute atomic E-state index is 9.82. The third-order valence-electron chi connectivity index (χ3n) is 1.20. The van der Waals surface area contributed by atoms with E-state index in [0.717, 1.165) is 19.4 Å². The van der Waals surface area contributed by atoms with E-state index in [-0.39, 0.29) is 6.04 Å². The fourth-order valence-corrected chi connectivity index (χ4v) is 0.785. The molecule has 1 rings (SSSR count). The van der Waals surface area contributed by atoms with Crippen LogP contribution in [0.1, 0.15) is 12.8 Å². The van der Waals surface area contributed by atoms with Crippen molar-refractivity contribution < 1.29 is 4.79 Å². The molecule has 0 amide bonds. The molecule has 1 N–H and O–H groups in total. The summed E-state index contributed by atoms with van der Waals surface area (Å²) in [5.41, 5.74) is 0. The van der Waals surface area contributed by atoms with E-state index in [1.54, 1.807) is 0 Å². The predicted molar refractivity (Wildman–Crippen MR) is 26.7 cm³/mol. The molecular weight excluding hydrogens is 90.1 g/mol. The molecule has 0 bridgehead atoms. The highest BCUT2D eigenvalue weighted by atomic mass is 16.1. The van der Waals surface area contributed by atoms with Gasteiger partial charge in [-0.1, -0.05) is 0 Å². The molecule has 39 valence electrons. The first-order valence-corrected chi connectivity index (χ1v) is 2.54. The molecule has 0 unspecified atom stereocenters. The standard InChI is InChI=1S/C5H8NO/c7-4-5-2-1-3-6-5/h5-6H,1-3H2/t5-/m0/s1. The van der Waals surface area contributed by atoms with Crippen molar-refractivity contribution in [1.29, 1.82) is 0 Å². The van der Waals surface area contributed by atoms with Crippen LogP contribution in [-0.2, 0) is 4.79 Å². The lowest BCUT2D eigenvalue weighted by Crippen LogP contribution is -2.21. The second kappa shape index (κ2) is 2.07. The van der Waals surface area contributed by atoms with Crippen molar-refractivity contribution in [3.8, 4) is 0 Å².